The lowest BCUT2D eigenvalue weighted by atomic mass is 10.2. The summed E-state index contributed by atoms with van der Waals surface area (Å²) in [5.41, 5.74) is 6.82. The van der Waals surface area contributed by atoms with Crippen LogP contribution in [0.1, 0.15) is 40.2 Å². The average molecular weight is 704 g/mol. The lowest BCUT2D eigenvalue weighted by molar-refractivity contribution is -0.118. The van der Waals surface area contributed by atoms with E-state index in [1.807, 2.05) is 31.2 Å². The Balaban J connectivity index is 1.14. The number of aryl methyl sites for hydroxylation is 2. The van der Waals surface area contributed by atoms with Crippen LogP contribution in [0.3, 0.4) is 0 Å². The van der Waals surface area contributed by atoms with Gasteiger partial charge in [-0.05, 0) is 122 Å². The van der Waals surface area contributed by atoms with Gasteiger partial charge < -0.3 is 28.5 Å². The third kappa shape index (κ3) is 8.67. The zero-order chi connectivity index (χ0) is 33.3. The summed E-state index contributed by atoms with van der Waals surface area (Å²) in [6.45, 7) is 6.12. The molecule has 0 saturated heterocycles. The fraction of sp³-hybridized carbons (Fsp3) is 0.171. The number of anilines is 1. The second-order valence-electron chi connectivity index (χ2n) is 10.3. The maximum absolute atomic E-state index is 13.1. The molecular formula is C35H32BrFN4O6. The zero-order valence-corrected chi connectivity index (χ0v) is 27.5. The van der Waals surface area contributed by atoms with E-state index in [0.29, 0.717) is 45.3 Å². The molecule has 0 unspecified atom stereocenters. The van der Waals surface area contributed by atoms with E-state index < -0.39 is 17.6 Å². The fourth-order valence-electron chi connectivity index (χ4n) is 4.62. The lowest BCUT2D eigenvalue weighted by Crippen LogP contribution is -2.20. The smallest absolute Gasteiger partial charge is 0.307 e. The highest BCUT2D eigenvalue weighted by atomic mass is 79.9. The maximum Gasteiger partial charge on any atom is 0.307 e. The van der Waals surface area contributed by atoms with Gasteiger partial charge in [-0.25, -0.2) is 9.82 Å². The Kier molecular flexibility index (Phi) is 10.7. The van der Waals surface area contributed by atoms with E-state index in [2.05, 4.69) is 62.3 Å². The third-order valence-electron chi connectivity index (χ3n) is 6.85. The van der Waals surface area contributed by atoms with Gasteiger partial charge in [0.15, 0.2) is 23.9 Å². The van der Waals surface area contributed by atoms with Gasteiger partial charge in [-0.15, -0.1) is 0 Å². The Morgan fingerprint density at radius 1 is 0.915 bits per heavy atom. The standard InChI is InChI=1S/C35H32BrFN4O6/c1-4-44-32-17-24(30(36)18-33(32)46-21-34(42)39-26-9-7-25(37)8-10-26)19-38-40-35(43)31-16-15-29(47-31)20-45-28-13-11-27(12-14-28)41-22(2)5-6-23(41)3/h5-19H,4,20-21H2,1-3H3,(H,39,42)(H,40,43)/b38-19+. The van der Waals surface area contributed by atoms with E-state index in [9.17, 15) is 14.0 Å². The van der Waals surface area contributed by atoms with Crippen molar-refractivity contribution >= 4 is 39.6 Å². The molecular weight excluding hydrogens is 671 g/mol. The van der Waals surface area contributed by atoms with Gasteiger partial charge in [0.05, 0.1) is 12.8 Å². The quantitative estimate of drug-likeness (QED) is 0.0979. The molecule has 0 spiro atoms. The molecule has 0 radical (unpaired) electrons. The van der Waals surface area contributed by atoms with Crippen LogP contribution in [0.2, 0.25) is 0 Å². The molecule has 0 aliphatic rings. The maximum atomic E-state index is 13.1. The minimum absolute atomic E-state index is 0.0754. The number of carbonyl (C=O) groups excluding carboxylic acids is 2. The molecule has 0 aliphatic carbocycles. The lowest BCUT2D eigenvalue weighted by Gasteiger charge is -2.14. The molecule has 10 nitrogen and oxygen atoms in total. The Bertz CT molecular complexity index is 1860. The van der Waals surface area contributed by atoms with Crippen LogP contribution in [0.15, 0.2) is 98.9 Å². The van der Waals surface area contributed by atoms with Crippen LogP contribution in [-0.2, 0) is 11.4 Å². The minimum atomic E-state index is -0.539. The predicted molar refractivity (Wildman–Crippen MR) is 179 cm³/mol. The number of halogens is 2. The summed E-state index contributed by atoms with van der Waals surface area (Å²) in [6, 6.07) is 23.8. The predicted octanol–water partition coefficient (Wildman–Crippen LogP) is 7.35. The van der Waals surface area contributed by atoms with Crippen molar-refractivity contribution < 1.29 is 32.6 Å². The van der Waals surface area contributed by atoms with Crippen molar-refractivity contribution in [1.29, 1.82) is 0 Å². The molecule has 5 rings (SSSR count). The topological polar surface area (TPSA) is 116 Å². The normalized spacial score (nSPS) is 11.0. The molecule has 0 fully saturated rings. The second kappa shape index (κ2) is 15.3. The Labute approximate surface area is 279 Å². The SMILES string of the molecule is CCOc1cc(/C=N/NC(=O)c2ccc(COc3ccc(-n4c(C)ccc4C)cc3)o2)c(Br)cc1OCC(=O)Nc1ccc(F)cc1. The molecule has 5 aromatic rings. The van der Waals surface area contributed by atoms with Gasteiger partial charge in [-0.2, -0.15) is 5.10 Å². The molecule has 3 aromatic carbocycles. The van der Waals surface area contributed by atoms with E-state index in [-0.39, 0.29) is 19.0 Å². The highest BCUT2D eigenvalue weighted by Gasteiger charge is 2.14. The summed E-state index contributed by atoms with van der Waals surface area (Å²) in [6.07, 6.45) is 1.43. The molecule has 2 amide bonds. The highest BCUT2D eigenvalue weighted by molar-refractivity contribution is 9.10. The fourth-order valence-corrected chi connectivity index (χ4v) is 5.04. The average Bonchev–Trinajstić information content (AvgIpc) is 3.68. The molecule has 0 saturated carbocycles. The van der Waals surface area contributed by atoms with E-state index >= 15 is 0 Å². The van der Waals surface area contributed by atoms with E-state index in [1.165, 1.54) is 30.5 Å². The molecule has 12 heteroatoms. The number of ether oxygens (including phenoxy) is 3. The van der Waals surface area contributed by atoms with Crippen LogP contribution < -0.4 is 25.0 Å². The molecule has 47 heavy (non-hydrogen) atoms. The Hall–Kier alpha value is -5.36. The first kappa shape index (κ1) is 33.0. The largest absolute Gasteiger partial charge is 0.490 e. The van der Waals surface area contributed by atoms with Crippen molar-refractivity contribution in [2.75, 3.05) is 18.5 Å². The van der Waals surface area contributed by atoms with Gasteiger partial charge in [0, 0.05) is 32.8 Å². The van der Waals surface area contributed by atoms with Crippen LogP contribution in [0, 0.1) is 19.7 Å². The number of nitrogens with one attached hydrogen (secondary N) is 2. The summed E-state index contributed by atoms with van der Waals surface area (Å²) >= 11 is 3.46. The molecule has 0 atom stereocenters. The molecule has 0 aliphatic heterocycles. The molecule has 2 N–H and O–H groups in total. The summed E-state index contributed by atoms with van der Waals surface area (Å²) in [5, 5.41) is 6.68. The van der Waals surface area contributed by atoms with Gasteiger partial charge in [-0.1, -0.05) is 0 Å². The second-order valence-corrected chi connectivity index (χ2v) is 11.2. The van der Waals surface area contributed by atoms with Crippen LogP contribution in [-0.4, -0.2) is 35.8 Å². The van der Waals surface area contributed by atoms with Gasteiger partial charge >= 0.3 is 5.91 Å². The minimum Gasteiger partial charge on any atom is -0.490 e. The van der Waals surface area contributed by atoms with E-state index in [1.54, 1.807) is 24.3 Å². The van der Waals surface area contributed by atoms with E-state index in [0.717, 1.165) is 17.1 Å². The number of hydrazone groups is 1. The first-order chi connectivity index (χ1) is 22.7. The first-order valence-electron chi connectivity index (χ1n) is 14.6. The number of amides is 2. The van der Waals surface area contributed by atoms with Crippen molar-refractivity contribution in [2.45, 2.75) is 27.4 Å². The number of hydrogen-bond acceptors (Lipinski definition) is 7. The number of rotatable bonds is 13. The number of nitrogens with zero attached hydrogens (tertiary/aromatic N) is 2. The monoisotopic (exact) mass is 702 g/mol. The summed E-state index contributed by atoms with van der Waals surface area (Å²) in [4.78, 5) is 25.0. The van der Waals surface area contributed by atoms with Crippen LogP contribution in [0.4, 0.5) is 10.1 Å². The Morgan fingerprint density at radius 2 is 1.62 bits per heavy atom. The molecule has 0 bridgehead atoms. The van der Waals surface area contributed by atoms with Crippen LogP contribution in [0.25, 0.3) is 5.69 Å². The van der Waals surface area contributed by atoms with E-state index in [4.69, 9.17) is 18.6 Å². The van der Waals surface area contributed by atoms with Crippen molar-refractivity contribution in [3.8, 4) is 22.9 Å². The third-order valence-corrected chi connectivity index (χ3v) is 7.54. The van der Waals surface area contributed by atoms with Crippen molar-refractivity contribution in [3.63, 3.8) is 0 Å². The van der Waals surface area contributed by atoms with Gasteiger partial charge in [0.1, 0.15) is 23.9 Å². The van der Waals surface area contributed by atoms with Crippen LogP contribution >= 0.6 is 15.9 Å². The number of aromatic nitrogens is 1. The molecule has 2 aromatic heterocycles. The molecule has 2 heterocycles. The number of hydrogen-bond donors (Lipinski definition) is 2. The van der Waals surface area contributed by atoms with Crippen molar-refractivity contribution in [3.05, 3.63) is 124 Å². The summed E-state index contributed by atoms with van der Waals surface area (Å²) in [7, 11) is 0. The summed E-state index contributed by atoms with van der Waals surface area (Å²) in [5.74, 6) is 0.551. The summed E-state index contributed by atoms with van der Waals surface area (Å²) < 4.78 is 38.7. The van der Waals surface area contributed by atoms with Crippen molar-refractivity contribution in [1.82, 2.24) is 9.99 Å². The van der Waals surface area contributed by atoms with Crippen LogP contribution in [0.5, 0.6) is 17.2 Å². The number of furan rings is 1. The number of benzene rings is 3. The van der Waals surface area contributed by atoms with Crippen molar-refractivity contribution in [2.24, 2.45) is 5.10 Å². The Morgan fingerprint density at radius 3 is 2.32 bits per heavy atom. The zero-order valence-electron chi connectivity index (χ0n) is 25.9. The van der Waals surface area contributed by atoms with Gasteiger partial charge in [0.2, 0.25) is 0 Å². The first-order valence-corrected chi connectivity index (χ1v) is 15.4. The van der Waals surface area contributed by atoms with Gasteiger partial charge in [0.25, 0.3) is 5.91 Å². The number of carbonyl (C=O) groups is 2. The van der Waals surface area contributed by atoms with Gasteiger partial charge in [-0.3, -0.25) is 9.59 Å². The highest BCUT2D eigenvalue weighted by Crippen LogP contribution is 2.33. The molecule has 242 valence electrons.